The number of carbonyl (C=O) groups excluding carboxylic acids is 2. The van der Waals surface area contributed by atoms with E-state index < -0.39 is 11.6 Å². The van der Waals surface area contributed by atoms with Gasteiger partial charge < -0.3 is 14.8 Å². The fourth-order valence-electron chi connectivity index (χ4n) is 3.43. The molecule has 0 atom stereocenters. The van der Waals surface area contributed by atoms with Crippen molar-refractivity contribution in [2.45, 2.75) is 32.8 Å². The maximum atomic E-state index is 12.6. The van der Waals surface area contributed by atoms with Gasteiger partial charge in [0.2, 0.25) is 0 Å². The molecule has 0 saturated heterocycles. The number of Topliss-reactive ketones (excluding diaryl/α,β-unsaturated/α-hetero) is 1. The van der Waals surface area contributed by atoms with Crippen molar-refractivity contribution in [1.29, 1.82) is 0 Å². The Morgan fingerprint density at radius 1 is 1.19 bits per heavy atom. The number of nitrogens with one attached hydrogen (secondary N) is 1. The van der Waals surface area contributed by atoms with E-state index in [9.17, 15) is 9.59 Å². The normalized spacial score (nSPS) is 14.4. The fourth-order valence-corrected chi connectivity index (χ4v) is 3.43. The Balaban J connectivity index is 1.72. The Morgan fingerprint density at radius 2 is 1.97 bits per heavy atom. The molecule has 2 aromatic carbocycles. The van der Waals surface area contributed by atoms with Gasteiger partial charge in [0.25, 0.3) is 0 Å². The second-order valence-corrected chi connectivity index (χ2v) is 7.84. The number of aromatic nitrogens is 2. The van der Waals surface area contributed by atoms with E-state index in [1.165, 1.54) is 6.20 Å². The molecule has 31 heavy (non-hydrogen) atoms. The second-order valence-electron chi connectivity index (χ2n) is 7.84. The molecule has 0 radical (unpaired) electrons. The lowest BCUT2D eigenvalue weighted by molar-refractivity contribution is 0.0525. The zero-order valence-electron chi connectivity index (χ0n) is 17.6. The van der Waals surface area contributed by atoms with E-state index in [0.717, 1.165) is 5.56 Å². The van der Waals surface area contributed by atoms with Gasteiger partial charge in [-0.2, -0.15) is 0 Å². The predicted molar refractivity (Wildman–Crippen MR) is 117 cm³/mol. The molecule has 158 valence electrons. The number of esters is 1. The first kappa shape index (κ1) is 20.5. The van der Waals surface area contributed by atoms with E-state index in [1.54, 1.807) is 25.1 Å². The Morgan fingerprint density at radius 3 is 2.71 bits per heavy atom. The maximum Gasteiger partial charge on any atom is 0.343 e. The van der Waals surface area contributed by atoms with Crippen LogP contribution in [0.1, 0.15) is 47.9 Å². The highest BCUT2D eigenvalue weighted by Gasteiger charge is 2.32. The van der Waals surface area contributed by atoms with Crippen LogP contribution in [0.3, 0.4) is 0 Å². The van der Waals surface area contributed by atoms with Crippen LogP contribution in [0.2, 0.25) is 0 Å². The van der Waals surface area contributed by atoms with Gasteiger partial charge >= 0.3 is 5.97 Å². The zero-order chi connectivity index (χ0) is 22.0. The highest BCUT2D eigenvalue weighted by atomic mass is 16.5. The summed E-state index contributed by atoms with van der Waals surface area (Å²) in [5.41, 5.74) is 1.60. The van der Waals surface area contributed by atoms with Crippen molar-refractivity contribution in [2.75, 3.05) is 11.9 Å². The molecule has 0 fully saturated rings. The summed E-state index contributed by atoms with van der Waals surface area (Å²) >= 11 is 0. The van der Waals surface area contributed by atoms with Gasteiger partial charge in [0.1, 0.15) is 22.7 Å². The van der Waals surface area contributed by atoms with E-state index in [1.807, 2.05) is 44.2 Å². The van der Waals surface area contributed by atoms with Crippen LogP contribution in [0.15, 0.2) is 54.7 Å². The van der Waals surface area contributed by atoms with Crippen LogP contribution in [0.25, 0.3) is 11.4 Å². The van der Waals surface area contributed by atoms with Gasteiger partial charge in [0.05, 0.1) is 18.6 Å². The molecule has 0 aliphatic carbocycles. The molecule has 7 heteroatoms. The predicted octanol–water partition coefficient (Wildman–Crippen LogP) is 4.81. The molecule has 2 heterocycles. The third-order valence-electron chi connectivity index (χ3n) is 4.83. The van der Waals surface area contributed by atoms with Crippen LogP contribution in [-0.2, 0) is 4.74 Å². The molecule has 0 amide bonds. The zero-order valence-corrected chi connectivity index (χ0v) is 17.6. The Kier molecular flexibility index (Phi) is 5.42. The number of ether oxygens (including phenoxy) is 2. The average Bonchev–Trinajstić information content (AvgIpc) is 2.74. The SMILES string of the molecule is CCOC(=O)c1cnc(-c2ccccc2)nc1Nc1ccc2c(c1)C(=O)CC(C)(C)O2. The fraction of sp³-hybridized carbons (Fsp3) is 0.250. The Labute approximate surface area is 180 Å². The van der Waals surface area contributed by atoms with Crippen LogP contribution in [0, 0.1) is 0 Å². The number of rotatable bonds is 5. The number of fused-ring (bicyclic) bond motifs is 1. The summed E-state index contributed by atoms with van der Waals surface area (Å²) in [6.45, 7) is 5.75. The highest BCUT2D eigenvalue weighted by molar-refractivity contribution is 6.01. The molecule has 7 nitrogen and oxygen atoms in total. The number of hydrogen-bond acceptors (Lipinski definition) is 7. The van der Waals surface area contributed by atoms with Crippen molar-refractivity contribution in [1.82, 2.24) is 9.97 Å². The monoisotopic (exact) mass is 417 g/mol. The van der Waals surface area contributed by atoms with Crippen LogP contribution in [0.5, 0.6) is 5.75 Å². The summed E-state index contributed by atoms with van der Waals surface area (Å²) in [6, 6.07) is 14.7. The lowest BCUT2D eigenvalue weighted by Crippen LogP contribution is -2.35. The minimum absolute atomic E-state index is 0.00757. The minimum Gasteiger partial charge on any atom is -0.487 e. The van der Waals surface area contributed by atoms with Gasteiger partial charge in [-0.05, 0) is 39.0 Å². The van der Waals surface area contributed by atoms with Gasteiger partial charge in [-0.15, -0.1) is 0 Å². The first-order valence-corrected chi connectivity index (χ1v) is 10.1. The van der Waals surface area contributed by atoms with Crippen molar-refractivity contribution < 1.29 is 19.1 Å². The Hall–Kier alpha value is -3.74. The topological polar surface area (TPSA) is 90.4 Å². The first-order valence-electron chi connectivity index (χ1n) is 10.1. The van der Waals surface area contributed by atoms with Crippen molar-refractivity contribution in [3.63, 3.8) is 0 Å². The first-order chi connectivity index (χ1) is 14.9. The lowest BCUT2D eigenvalue weighted by Gasteiger charge is -2.31. The summed E-state index contributed by atoms with van der Waals surface area (Å²) in [5.74, 6) is 0.800. The number of carbonyl (C=O) groups is 2. The summed E-state index contributed by atoms with van der Waals surface area (Å²) in [5, 5.41) is 3.15. The molecule has 0 unspecified atom stereocenters. The summed E-state index contributed by atoms with van der Waals surface area (Å²) in [6.07, 6.45) is 1.74. The van der Waals surface area contributed by atoms with E-state index in [2.05, 4.69) is 15.3 Å². The molecular formula is C24H23N3O4. The molecule has 0 bridgehead atoms. The van der Waals surface area contributed by atoms with Crippen LogP contribution in [0.4, 0.5) is 11.5 Å². The van der Waals surface area contributed by atoms with Gasteiger partial charge in [-0.1, -0.05) is 30.3 Å². The number of anilines is 2. The van der Waals surface area contributed by atoms with Gasteiger partial charge in [0.15, 0.2) is 11.6 Å². The van der Waals surface area contributed by atoms with Crippen LogP contribution < -0.4 is 10.1 Å². The van der Waals surface area contributed by atoms with Crippen molar-refractivity contribution in [2.24, 2.45) is 0 Å². The smallest absolute Gasteiger partial charge is 0.343 e. The van der Waals surface area contributed by atoms with Gasteiger partial charge in [-0.25, -0.2) is 14.8 Å². The number of benzene rings is 2. The van der Waals surface area contributed by atoms with Crippen molar-refractivity contribution >= 4 is 23.3 Å². The van der Waals surface area contributed by atoms with E-state index in [0.29, 0.717) is 35.1 Å². The molecule has 1 aliphatic rings. The third-order valence-corrected chi connectivity index (χ3v) is 4.83. The molecule has 4 rings (SSSR count). The quantitative estimate of drug-likeness (QED) is 0.596. The van der Waals surface area contributed by atoms with Crippen molar-refractivity contribution in [3.05, 3.63) is 65.9 Å². The second kappa shape index (κ2) is 8.18. The third kappa shape index (κ3) is 4.40. The molecule has 1 aromatic heterocycles. The molecule has 1 N–H and O–H groups in total. The molecule has 0 spiro atoms. The molecule has 1 aliphatic heterocycles. The van der Waals surface area contributed by atoms with E-state index in [4.69, 9.17) is 9.47 Å². The molecular weight excluding hydrogens is 394 g/mol. The lowest BCUT2D eigenvalue weighted by atomic mass is 9.93. The molecule has 3 aromatic rings. The van der Waals surface area contributed by atoms with Crippen LogP contribution >= 0.6 is 0 Å². The Bertz CT molecular complexity index is 1140. The number of ketones is 1. The summed E-state index contributed by atoms with van der Waals surface area (Å²) in [4.78, 5) is 33.9. The van der Waals surface area contributed by atoms with Crippen LogP contribution in [-0.4, -0.2) is 33.9 Å². The van der Waals surface area contributed by atoms with E-state index >= 15 is 0 Å². The largest absolute Gasteiger partial charge is 0.487 e. The minimum atomic E-state index is -0.534. The number of nitrogens with zero attached hydrogens (tertiary/aromatic N) is 2. The number of hydrogen-bond donors (Lipinski definition) is 1. The van der Waals surface area contributed by atoms with Crippen molar-refractivity contribution in [3.8, 4) is 17.1 Å². The molecule has 0 saturated carbocycles. The van der Waals surface area contributed by atoms with E-state index in [-0.39, 0.29) is 18.0 Å². The summed E-state index contributed by atoms with van der Waals surface area (Å²) in [7, 11) is 0. The highest BCUT2D eigenvalue weighted by Crippen LogP contribution is 2.35. The van der Waals surface area contributed by atoms with Gasteiger partial charge in [-0.3, -0.25) is 4.79 Å². The summed E-state index contributed by atoms with van der Waals surface area (Å²) < 4.78 is 11.1. The maximum absolute atomic E-state index is 12.6. The standard InChI is InChI=1S/C24H23N3O4/c1-4-30-23(29)18-14-25-21(15-8-6-5-7-9-15)27-22(18)26-16-10-11-20-17(12-16)19(28)13-24(2,3)31-20/h5-12,14H,4,13H2,1-3H3,(H,25,26,27). The van der Waals surface area contributed by atoms with Gasteiger partial charge in [0, 0.05) is 17.4 Å². The average molecular weight is 417 g/mol.